The van der Waals surface area contributed by atoms with Crippen molar-refractivity contribution in [3.8, 4) is 22.7 Å². The van der Waals surface area contributed by atoms with Gasteiger partial charge in [0.05, 0.1) is 18.3 Å². The molecule has 0 N–H and O–H groups in total. The second-order valence-corrected chi connectivity index (χ2v) is 5.98. The molecule has 3 heterocycles. The van der Waals surface area contributed by atoms with Crippen molar-refractivity contribution in [2.75, 3.05) is 7.11 Å². The maximum Gasteiger partial charge on any atom is 0.152 e. The van der Waals surface area contributed by atoms with Gasteiger partial charge < -0.3 is 4.74 Å². The van der Waals surface area contributed by atoms with Crippen LogP contribution in [0.15, 0.2) is 42.7 Å². The van der Waals surface area contributed by atoms with E-state index in [0.29, 0.717) is 28.0 Å². The zero-order valence-corrected chi connectivity index (χ0v) is 14.7. The van der Waals surface area contributed by atoms with Crippen LogP contribution >= 0.6 is 0 Å². The number of carbonyl (C=O) groups excluding carboxylic acids is 1. The van der Waals surface area contributed by atoms with Gasteiger partial charge in [-0.05, 0) is 31.2 Å². The lowest BCUT2D eigenvalue weighted by atomic mass is 10.1. The van der Waals surface area contributed by atoms with Gasteiger partial charge in [0.15, 0.2) is 6.29 Å². The Hall–Kier alpha value is -3.48. The van der Waals surface area contributed by atoms with Crippen molar-refractivity contribution in [2.45, 2.75) is 6.92 Å². The smallest absolute Gasteiger partial charge is 0.152 e. The van der Waals surface area contributed by atoms with Crippen LogP contribution in [-0.4, -0.2) is 37.9 Å². The summed E-state index contributed by atoms with van der Waals surface area (Å²) in [5.74, 6) is 0.661. The summed E-state index contributed by atoms with van der Waals surface area (Å²) in [5, 5.41) is 8.85. The average molecular weight is 347 g/mol. The standard InChI is InChI=1S/C19H17N5O2/c1-12-9-13(11-25)19-18(21-12)17(22-23(19)2)15-6-5-14(10-16(15)26-3)24-8-4-7-20-24/h4-11H,1-3H3. The quantitative estimate of drug-likeness (QED) is 0.531. The summed E-state index contributed by atoms with van der Waals surface area (Å²) in [7, 11) is 3.42. The number of aromatic nitrogens is 5. The van der Waals surface area contributed by atoms with Crippen LogP contribution in [0, 0.1) is 6.92 Å². The van der Waals surface area contributed by atoms with E-state index in [0.717, 1.165) is 23.2 Å². The number of aryl methyl sites for hydroxylation is 2. The summed E-state index contributed by atoms with van der Waals surface area (Å²) >= 11 is 0. The van der Waals surface area contributed by atoms with E-state index in [1.807, 2.05) is 37.4 Å². The van der Waals surface area contributed by atoms with Crippen LogP contribution in [0.25, 0.3) is 28.0 Å². The number of ether oxygens (including phenoxy) is 1. The number of carbonyl (C=O) groups is 1. The molecule has 7 nitrogen and oxygen atoms in total. The summed E-state index contributed by atoms with van der Waals surface area (Å²) < 4.78 is 9.04. The van der Waals surface area contributed by atoms with E-state index in [4.69, 9.17) is 4.74 Å². The van der Waals surface area contributed by atoms with Gasteiger partial charge in [-0.15, -0.1) is 0 Å². The Morgan fingerprint density at radius 2 is 2.08 bits per heavy atom. The molecule has 7 heteroatoms. The van der Waals surface area contributed by atoms with Crippen LogP contribution in [0.2, 0.25) is 0 Å². The summed E-state index contributed by atoms with van der Waals surface area (Å²) in [6, 6.07) is 9.41. The number of benzene rings is 1. The topological polar surface area (TPSA) is 74.8 Å². The third kappa shape index (κ3) is 2.45. The van der Waals surface area contributed by atoms with Gasteiger partial charge in [0.2, 0.25) is 0 Å². The van der Waals surface area contributed by atoms with Gasteiger partial charge in [-0.2, -0.15) is 10.2 Å². The third-order valence-electron chi connectivity index (χ3n) is 4.28. The van der Waals surface area contributed by atoms with Gasteiger partial charge in [-0.1, -0.05) is 0 Å². The van der Waals surface area contributed by atoms with Crippen LogP contribution in [0.1, 0.15) is 16.1 Å². The Balaban J connectivity index is 1.96. The average Bonchev–Trinajstić information content (AvgIpc) is 3.29. The van der Waals surface area contributed by atoms with E-state index < -0.39 is 0 Å². The molecule has 0 unspecified atom stereocenters. The fourth-order valence-corrected chi connectivity index (χ4v) is 3.16. The van der Waals surface area contributed by atoms with Gasteiger partial charge in [-0.25, -0.2) is 9.67 Å². The zero-order chi connectivity index (χ0) is 18.3. The number of hydrogen-bond acceptors (Lipinski definition) is 5. The fraction of sp³-hybridized carbons (Fsp3) is 0.158. The van der Waals surface area contributed by atoms with Crippen molar-refractivity contribution in [1.29, 1.82) is 0 Å². The minimum Gasteiger partial charge on any atom is -0.496 e. The van der Waals surface area contributed by atoms with E-state index in [9.17, 15) is 4.79 Å². The summed E-state index contributed by atoms with van der Waals surface area (Å²) in [6.07, 6.45) is 4.42. The first kappa shape index (κ1) is 16.0. The zero-order valence-electron chi connectivity index (χ0n) is 14.7. The first-order valence-electron chi connectivity index (χ1n) is 8.10. The van der Waals surface area contributed by atoms with E-state index in [-0.39, 0.29) is 0 Å². The molecule has 0 saturated heterocycles. The Bertz CT molecular complexity index is 1110. The predicted octanol–water partition coefficient (Wildman–Crippen LogP) is 2.95. The molecule has 0 aliphatic carbocycles. The molecule has 0 amide bonds. The highest BCUT2D eigenvalue weighted by Gasteiger charge is 2.19. The molecule has 0 bridgehead atoms. The molecule has 0 aliphatic rings. The second kappa shape index (κ2) is 6.11. The molecule has 0 atom stereocenters. The lowest BCUT2D eigenvalue weighted by molar-refractivity contribution is 0.112. The summed E-state index contributed by atoms with van der Waals surface area (Å²) in [4.78, 5) is 16.1. The van der Waals surface area contributed by atoms with Crippen molar-refractivity contribution < 1.29 is 9.53 Å². The third-order valence-corrected chi connectivity index (χ3v) is 4.28. The molecule has 4 rings (SSSR count). The fourth-order valence-electron chi connectivity index (χ4n) is 3.16. The van der Waals surface area contributed by atoms with E-state index in [2.05, 4.69) is 15.2 Å². The largest absolute Gasteiger partial charge is 0.496 e. The van der Waals surface area contributed by atoms with E-state index in [1.165, 1.54) is 0 Å². The monoisotopic (exact) mass is 347 g/mol. The molecule has 0 radical (unpaired) electrons. The molecule has 4 aromatic rings. The maximum atomic E-state index is 11.5. The lowest BCUT2D eigenvalue weighted by Gasteiger charge is -2.09. The van der Waals surface area contributed by atoms with Crippen molar-refractivity contribution in [3.63, 3.8) is 0 Å². The molecular weight excluding hydrogens is 330 g/mol. The first-order valence-corrected chi connectivity index (χ1v) is 8.10. The number of hydrogen-bond donors (Lipinski definition) is 0. The Kier molecular flexibility index (Phi) is 3.76. The van der Waals surface area contributed by atoms with Crippen LogP contribution in [0.3, 0.4) is 0 Å². The molecule has 130 valence electrons. The lowest BCUT2D eigenvalue weighted by Crippen LogP contribution is -1.97. The van der Waals surface area contributed by atoms with Crippen molar-refractivity contribution in [3.05, 3.63) is 54.0 Å². The molecule has 3 aromatic heterocycles. The second-order valence-electron chi connectivity index (χ2n) is 5.98. The minimum atomic E-state index is 0.570. The molecule has 0 saturated carbocycles. The number of aldehydes is 1. The van der Waals surface area contributed by atoms with Gasteiger partial charge >= 0.3 is 0 Å². The number of pyridine rings is 1. The van der Waals surface area contributed by atoms with Gasteiger partial charge in [0, 0.05) is 42.3 Å². The maximum absolute atomic E-state index is 11.5. The SMILES string of the molecule is COc1cc(-n2cccn2)ccc1-c1nn(C)c2c(C=O)cc(C)nc12. The molecule has 26 heavy (non-hydrogen) atoms. The molecule has 0 aliphatic heterocycles. The normalized spacial score (nSPS) is 11.0. The molecule has 0 spiro atoms. The van der Waals surface area contributed by atoms with Crippen molar-refractivity contribution >= 4 is 17.3 Å². The highest BCUT2D eigenvalue weighted by atomic mass is 16.5. The number of methoxy groups -OCH3 is 1. The minimum absolute atomic E-state index is 0.570. The molecular formula is C19H17N5O2. The molecule has 0 fully saturated rings. The summed E-state index contributed by atoms with van der Waals surface area (Å²) in [6.45, 7) is 1.86. The Labute approximate surface area is 149 Å². The van der Waals surface area contributed by atoms with Gasteiger partial charge in [0.1, 0.15) is 17.0 Å². The number of rotatable bonds is 4. The van der Waals surface area contributed by atoms with Crippen molar-refractivity contribution in [2.24, 2.45) is 7.05 Å². The van der Waals surface area contributed by atoms with Crippen molar-refractivity contribution in [1.82, 2.24) is 24.5 Å². The molecule has 1 aromatic carbocycles. The first-order chi connectivity index (χ1) is 12.6. The number of nitrogens with zero attached hydrogens (tertiary/aromatic N) is 5. The Morgan fingerprint density at radius 1 is 1.23 bits per heavy atom. The van der Waals surface area contributed by atoms with E-state index >= 15 is 0 Å². The van der Waals surface area contributed by atoms with Crippen LogP contribution in [-0.2, 0) is 7.05 Å². The predicted molar refractivity (Wildman–Crippen MR) is 97.7 cm³/mol. The van der Waals surface area contributed by atoms with E-state index in [1.54, 1.807) is 35.8 Å². The van der Waals surface area contributed by atoms with Crippen LogP contribution in [0.5, 0.6) is 5.75 Å². The van der Waals surface area contributed by atoms with Crippen LogP contribution < -0.4 is 4.74 Å². The highest BCUT2D eigenvalue weighted by molar-refractivity contribution is 6.00. The van der Waals surface area contributed by atoms with Gasteiger partial charge in [-0.3, -0.25) is 9.48 Å². The Morgan fingerprint density at radius 3 is 2.77 bits per heavy atom. The van der Waals surface area contributed by atoms with Crippen LogP contribution in [0.4, 0.5) is 0 Å². The van der Waals surface area contributed by atoms with Gasteiger partial charge in [0.25, 0.3) is 0 Å². The number of fused-ring (bicyclic) bond motifs is 1. The summed E-state index contributed by atoms with van der Waals surface area (Å²) in [5.41, 5.74) is 5.09. The highest BCUT2D eigenvalue weighted by Crippen LogP contribution is 2.35.